The first-order chi connectivity index (χ1) is 18.3. The summed E-state index contributed by atoms with van der Waals surface area (Å²) in [6.07, 6.45) is 3.13. The van der Waals surface area contributed by atoms with Gasteiger partial charge in [0.05, 0.1) is 24.9 Å². The Kier molecular flexibility index (Phi) is 7.74. The van der Waals surface area contributed by atoms with Crippen LogP contribution in [0.1, 0.15) is 49.9 Å². The van der Waals surface area contributed by atoms with Crippen LogP contribution in [0.3, 0.4) is 0 Å². The van der Waals surface area contributed by atoms with E-state index in [-0.39, 0.29) is 18.1 Å². The molecule has 0 radical (unpaired) electrons. The number of hydrogen-bond donors (Lipinski definition) is 0. The van der Waals surface area contributed by atoms with Crippen LogP contribution in [0.5, 0.6) is 0 Å². The first kappa shape index (κ1) is 25.9. The summed E-state index contributed by atoms with van der Waals surface area (Å²) in [4.78, 5) is 14.6. The van der Waals surface area contributed by atoms with Gasteiger partial charge in [0.1, 0.15) is 5.60 Å². The topological polar surface area (TPSA) is 69.5 Å². The van der Waals surface area contributed by atoms with E-state index in [1.165, 1.54) is 16.3 Å². The van der Waals surface area contributed by atoms with Crippen LogP contribution >= 0.6 is 0 Å². The highest BCUT2D eigenvalue weighted by atomic mass is 16.6. The predicted octanol–water partition coefficient (Wildman–Crippen LogP) is 5.98. The van der Waals surface area contributed by atoms with Crippen LogP contribution in [-0.4, -0.2) is 50.8 Å². The van der Waals surface area contributed by atoms with Crippen LogP contribution in [0.25, 0.3) is 10.8 Å². The zero-order chi connectivity index (χ0) is 26.5. The number of benzene rings is 3. The predicted molar refractivity (Wildman–Crippen MR) is 148 cm³/mol. The Morgan fingerprint density at radius 2 is 1.74 bits per heavy atom. The molecule has 1 fully saturated rings. The van der Waals surface area contributed by atoms with Crippen molar-refractivity contribution in [3.63, 3.8) is 0 Å². The number of likely N-dealkylation sites (tertiary alicyclic amines) is 1. The van der Waals surface area contributed by atoms with Gasteiger partial charge in [-0.05, 0) is 61.6 Å². The van der Waals surface area contributed by atoms with Gasteiger partial charge in [0.15, 0.2) is 0 Å². The van der Waals surface area contributed by atoms with E-state index in [1.54, 1.807) is 4.90 Å². The Labute approximate surface area is 224 Å². The third-order valence-corrected chi connectivity index (χ3v) is 6.90. The normalized spacial score (nSPS) is 18.0. The first-order valence-electron chi connectivity index (χ1n) is 13.4. The minimum atomic E-state index is -0.545. The van der Waals surface area contributed by atoms with Gasteiger partial charge in [-0.2, -0.15) is 0 Å². The van der Waals surface area contributed by atoms with E-state index in [0.717, 1.165) is 30.6 Å². The Morgan fingerprint density at radius 1 is 0.974 bits per heavy atom. The number of ether oxygens (including phenoxy) is 2. The van der Waals surface area contributed by atoms with Crippen molar-refractivity contribution >= 4 is 16.9 Å². The molecule has 4 aromatic rings. The summed E-state index contributed by atoms with van der Waals surface area (Å²) < 4.78 is 14.1. The van der Waals surface area contributed by atoms with Gasteiger partial charge >= 0.3 is 6.09 Å². The Morgan fingerprint density at radius 3 is 2.53 bits per heavy atom. The largest absolute Gasteiger partial charge is 0.444 e. The molecule has 0 saturated carbocycles. The summed E-state index contributed by atoms with van der Waals surface area (Å²) in [5.41, 5.74) is 2.73. The summed E-state index contributed by atoms with van der Waals surface area (Å²) >= 11 is 0. The second-order valence-electron chi connectivity index (χ2n) is 11.0. The Bertz CT molecular complexity index is 1360. The maximum atomic E-state index is 12.9. The minimum Gasteiger partial charge on any atom is -0.444 e. The zero-order valence-electron chi connectivity index (χ0n) is 22.4. The molecule has 198 valence electrons. The molecule has 5 rings (SSSR count). The van der Waals surface area contributed by atoms with Gasteiger partial charge in [-0.15, -0.1) is 5.10 Å². The quantitative estimate of drug-likeness (QED) is 0.305. The van der Waals surface area contributed by atoms with Crippen molar-refractivity contribution in [1.82, 2.24) is 19.9 Å². The third kappa shape index (κ3) is 6.58. The standard InChI is InChI=1S/C31H36N4O3/c1-31(2,3)38-30(36)34-17-16-27(28-20-35(33-32-28)18-15-23-9-5-4-6-10-23)29(21-34)37-22-24-13-14-25-11-7-8-12-26(25)19-24/h4-14,19-20,27,29H,15-18,21-22H2,1-3H3/t27-,29+/m0/s1. The molecule has 2 heterocycles. The van der Waals surface area contributed by atoms with Gasteiger partial charge in [0, 0.05) is 25.2 Å². The lowest BCUT2D eigenvalue weighted by atomic mass is 9.91. The second kappa shape index (κ2) is 11.4. The molecule has 1 amide bonds. The number of piperidine rings is 1. The van der Waals surface area contributed by atoms with Gasteiger partial charge in [-0.1, -0.05) is 71.9 Å². The summed E-state index contributed by atoms with van der Waals surface area (Å²) in [5, 5.41) is 11.3. The molecule has 7 heteroatoms. The molecule has 38 heavy (non-hydrogen) atoms. The molecule has 0 aliphatic carbocycles. The summed E-state index contributed by atoms with van der Waals surface area (Å²) in [5.74, 6) is 0.0413. The lowest BCUT2D eigenvalue weighted by Gasteiger charge is -2.38. The van der Waals surface area contributed by atoms with Crippen LogP contribution in [0.4, 0.5) is 4.79 Å². The number of carbonyl (C=O) groups is 1. The third-order valence-electron chi connectivity index (χ3n) is 6.90. The van der Waals surface area contributed by atoms with Crippen molar-refractivity contribution in [3.05, 3.63) is 95.8 Å². The van der Waals surface area contributed by atoms with Crippen LogP contribution in [0, 0.1) is 0 Å². The van der Waals surface area contributed by atoms with E-state index < -0.39 is 5.60 Å². The van der Waals surface area contributed by atoms with Crippen LogP contribution < -0.4 is 0 Å². The number of amides is 1. The maximum absolute atomic E-state index is 12.9. The fraction of sp³-hybridized carbons (Fsp3) is 0.387. The highest BCUT2D eigenvalue weighted by Crippen LogP contribution is 2.31. The molecule has 0 unspecified atom stereocenters. The van der Waals surface area contributed by atoms with Gasteiger partial charge in [-0.25, -0.2) is 4.79 Å². The van der Waals surface area contributed by atoms with Crippen LogP contribution in [0.15, 0.2) is 79.0 Å². The van der Waals surface area contributed by atoms with Crippen molar-refractivity contribution in [2.24, 2.45) is 0 Å². The number of aromatic nitrogens is 3. The average Bonchev–Trinajstić information content (AvgIpc) is 3.39. The van der Waals surface area contributed by atoms with Gasteiger partial charge in [0.2, 0.25) is 0 Å². The second-order valence-corrected chi connectivity index (χ2v) is 11.0. The molecule has 1 saturated heterocycles. The summed E-state index contributed by atoms with van der Waals surface area (Å²) in [6.45, 7) is 7.92. The van der Waals surface area contributed by atoms with Crippen molar-refractivity contribution < 1.29 is 14.3 Å². The number of fused-ring (bicyclic) bond motifs is 1. The number of nitrogens with zero attached hydrogens (tertiary/aromatic N) is 4. The van der Waals surface area contributed by atoms with Crippen molar-refractivity contribution in [2.45, 2.75) is 64.4 Å². The first-order valence-corrected chi connectivity index (χ1v) is 13.4. The molecule has 0 N–H and O–H groups in total. The van der Waals surface area contributed by atoms with Crippen LogP contribution in [-0.2, 0) is 29.0 Å². The number of aryl methyl sites for hydroxylation is 2. The van der Waals surface area contributed by atoms with Gasteiger partial charge in [-0.3, -0.25) is 4.68 Å². The van der Waals surface area contributed by atoms with Crippen molar-refractivity contribution in [3.8, 4) is 0 Å². The van der Waals surface area contributed by atoms with E-state index in [1.807, 2.05) is 49.8 Å². The lowest BCUT2D eigenvalue weighted by Crippen LogP contribution is -2.48. The minimum absolute atomic E-state index is 0.0413. The SMILES string of the molecule is CC(C)(C)OC(=O)N1CC[C@@H](c2cn(CCc3ccccc3)nn2)[C@H](OCc2ccc3ccccc3c2)C1. The Hall–Kier alpha value is -3.71. The highest BCUT2D eigenvalue weighted by molar-refractivity contribution is 5.82. The molecule has 3 aromatic carbocycles. The molecule has 7 nitrogen and oxygen atoms in total. The summed E-state index contributed by atoms with van der Waals surface area (Å²) in [7, 11) is 0. The fourth-order valence-corrected chi connectivity index (χ4v) is 4.93. The smallest absolute Gasteiger partial charge is 0.410 e. The molecule has 2 atom stereocenters. The van der Waals surface area contributed by atoms with E-state index in [9.17, 15) is 4.79 Å². The molecule has 0 spiro atoms. The number of rotatable bonds is 7. The van der Waals surface area contributed by atoms with Gasteiger partial charge < -0.3 is 14.4 Å². The zero-order valence-corrected chi connectivity index (χ0v) is 22.4. The number of carbonyl (C=O) groups excluding carboxylic acids is 1. The molecule has 1 aromatic heterocycles. The molecule has 1 aliphatic rings. The average molecular weight is 513 g/mol. The maximum Gasteiger partial charge on any atom is 0.410 e. The monoisotopic (exact) mass is 512 g/mol. The summed E-state index contributed by atoms with van der Waals surface area (Å²) in [6, 6.07) is 25.1. The van der Waals surface area contributed by atoms with E-state index in [0.29, 0.717) is 19.7 Å². The van der Waals surface area contributed by atoms with E-state index in [2.05, 4.69) is 64.9 Å². The Balaban J connectivity index is 1.30. The lowest BCUT2D eigenvalue weighted by molar-refractivity contribution is -0.0366. The van der Waals surface area contributed by atoms with Crippen LogP contribution in [0.2, 0.25) is 0 Å². The molecule has 0 bridgehead atoms. The highest BCUT2D eigenvalue weighted by Gasteiger charge is 2.36. The van der Waals surface area contributed by atoms with Crippen molar-refractivity contribution in [2.75, 3.05) is 13.1 Å². The number of hydrogen-bond acceptors (Lipinski definition) is 5. The fourth-order valence-electron chi connectivity index (χ4n) is 4.93. The molecular weight excluding hydrogens is 476 g/mol. The van der Waals surface area contributed by atoms with E-state index in [4.69, 9.17) is 9.47 Å². The van der Waals surface area contributed by atoms with Gasteiger partial charge in [0.25, 0.3) is 0 Å². The molecule has 1 aliphatic heterocycles. The molecular formula is C31H36N4O3. The van der Waals surface area contributed by atoms with E-state index >= 15 is 0 Å². The van der Waals surface area contributed by atoms with Crippen molar-refractivity contribution in [1.29, 1.82) is 0 Å².